The first-order valence-electron chi connectivity index (χ1n) is 8.25. The summed E-state index contributed by atoms with van der Waals surface area (Å²) >= 11 is 0. The zero-order chi connectivity index (χ0) is 16.4. The molecule has 0 spiro atoms. The van der Waals surface area contributed by atoms with Gasteiger partial charge in [0.25, 0.3) is 0 Å². The van der Waals surface area contributed by atoms with Crippen molar-refractivity contribution in [2.24, 2.45) is 0 Å². The number of aromatic amines is 1. The predicted molar refractivity (Wildman–Crippen MR) is 89.2 cm³/mol. The molecule has 1 atom stereocenters. The van der Waals surface area contributed by atoms with Gasteiger partial charge >= 0.3 is 5.97 Å². The van der Waals surface area contributed by atoms with Gasteiger partial charge in [-0.05, 0) is 43.4 Å². The Hall–Kier alpha value is -2.28. The molecule has 0 aliphatic heterocycles. The quantitative estimate of drug-likeness (QED) is 0.869. The molecule has 4 nitrogen and oxygen atoms in total. The molecule has 0 bridgehead atoms. The topological polar surface area (TPSA) is 65.9 Å². The van der Waals surface area contributed by atoms with E-state index in [2.05, 4.69) is 18.0 Å². The number of aryl methyl sites for hydroxylation is 1. The lowest BCUT2D eigenvalue weighted by atomic mass is 9.68. The fraction of sp³-hybridized carbons (Fsp3) is 0.474. The van der Waals surface area contributed by atoms with Crippen LogP contribution in [0.15, 0.2) is 18.2 Å². The number of benzene rings is 1. The monoisotopic (exact) mass is 310 g/mol. The maximum Gasteiger partial charge on any atom is 0.306 e. The van der Waals surface area contributed by atoms with Crippen LogP contribution in [0.5, 0.6) is 0 Å². The highest BCUT2D eigenvalue weighted by atomic mass is 16.5. The van der Waals surface area contributed by atoms with Gasteiger partial charge in [0.2, 0.25) is 0 Å². The molecule has 3 rings (SSSR count). The molecule has 1 N–H and O–H groups in total. The summed E-state index contributed by atoms with van der Waals surface area (Å²) in [4.78, 5) is 15.5. The Bertz CT molecular complexity index is 784. The van der Waals surface area contributed by atoms with Gasteiger partial charge in [-0.15, -0.1) is 0 Å². The Labute approximate surface area is 136 Å². The zero-order valence-corrected chi connectivity index (χ0v) is 13.7. The Balaban J connectivity index is 2.16. The molecule has 1 heterocycles. The highest BCUT2D eigenvalue weighted by molar-refractivity contribution is 5.87. The van der Waals surface area contributed by atoms with E-state index in [4.69, 9.17) is 10.00 Å². The summed E-state index contributed by atoms with van der Waals surface area (Å²) in [6, 6.07) is 8.00. The van der Waals surface area contributed by atoms with Gasteiger partial charge in [-0.25, -0.2) is 0 Å². The summed E-state index contributed by atoms with van der Waals surface area (Å²) in [6.45, 7) is 2.16. The average Bonchev–Trinajstić information content (AvgIpc) is 2.94. The van der Waals surface area contributed by atoms with Gasteiger partial charge in [-0.1, -0.05) is 19.4 Å². The molecule has 0 radical (unpaired) electrons. The molecule has 120 valence electrons. The van der Waals surface area contributed by atoms with Crippen LogP contribution in [0.1, 0.15) is 55.8 Å². The van der Waals surface area contributed by atoms with E-state index in [1.807, 2.05) is 18.2 Å². The molecule has 1 aromatic heterocycles. The van der Waals surface area contributed by atoms with Crippen molar-refractivity contribution in [3.63, 3.8) is 0 Å². The fourth-order valence-electron chi connectivity index (χ4n) is 4.11. The smallest absolute Gasteiger partial charge is 0.306 e. The second-order valence-electron chi connectivity index (χ2n) is 6.49. The minimum Gasteiger partial charge on any atom is -0.469 e. The number of ether oxygens (including phenoxy) is 1. The van der Waals surface area contributed by atoms with Crippen molar-refractivity contribution in [2.75, 3.05) is 7.11 Å². The molecular weight excluding hydrogens is 288 g/mol. The van der Waals surface area contributed by atoms with Crippen LogP contribution in [0.4, 0.5) is 0 Å². The summed E-state index contributed by atoms with van der Waals surface area (Å²) in [7, 11) is 1.45. The minimum absolute atomic E-state index is 0.150. The van der Waals surface area contributed by atoms with Crippen LogP contribution in [0.25, 0.3) is 10.9 Å². The molecule has 4 heteroatoms. The van der Waals surface area contributed by atoms with Gasteiger partial charge in [0, 0.05) is 22.0 Å². The van der Waals surface area contributed by atoms with E-state index in [9.17, 15) is 4.79 Å². The fourth-order valence-corrected chi connectivity index (χ4v) is 4.11. The number of rotatable bonds is 4. The Morgan fingerprint density at radius 1 is 1.48 bits per heavy atom. The Kier molecular flexibility index (Phi) is 4.12. The molecule has 0 saturated heterocycles. The van der Waals surface area contributed by atoms with Crippen molar-refractivity contribution in [1.82, 2.24) is 4.98 Å². The molecule has 23 heavy (non-hydrogen) atoms. The molecular formula is C19H22N2O2. The number of carbonyl (C=O) groups excluding carboxylic acids is 1. The van der Waals surface area contributed by atoms with Gasteiger partial charge in [0.05, 0.1) is 25.2 Å². The maximum atomic E-state index is 12.0. The van der Waals surface area contributed by atoms with Gasteiger partial charge in [0.1, 0.15) is 0 Å². The first-order chi connectivity index (χ1) is 11.1. The number of aromatic nitrogens is 1. The zero-order valence-electron chi connectivity index (χ0n) is 13.7. The largest absolute Gasteiger partial charge is 0.469 e. The standard InChI is InChI=1S/C19H22N2O2/c1-3-8-19(11-17(22)23-2)9-4-5-15-14-7-6-13(12-20)10-16(14)21-18(15)19/h6-7,10,21H,3-5,8-9,11H2,1-2H3. The Morgan fingerprint density at radius 2 is 2.30 bits per heavy atom. The maximum absolute atomic E-state index is 12.0. The number of H-pyrrole nitrogens is 1. The van der Waals surface area contributed by atoms with Crippen LogP contribution < -0.4 is 0 Å². The summed E-state index contributed by atoms with van der Waals surface area (Å²) < 4.78 is 4.95. The molecule has 1 unspecified atom stereocenters. The number of carbonyl (C=O) groups is 1. The van der Waals surface area contributed by atoms with Crippen molar-refractivity contribution in [1.29, 1.82) is 5.26 Å². The lowest BCUT2D eigenvalue weighted by molar-refractivity contribution is -0.142. The molecule has 2 aromatic rings. The average molecular weight is 310 g/mol. The van der Waals surface area contributed by atoms with E-state index in [1.165, 1.54) is 23.8 Å². The summed E-state index contributed by atoms with van der Waals surface area (Å²) in [6.07, 6.45) is 5.51. The van der Waals surface area contributed by atoms with E-state index in [0.717, 1.165) is 37.6 Å². The van der Waals surface area contributed by atoms with E-state index in [-0.39, 0.29) is 11.4 Å². The number of hydrogen-bond donors (Lipinski definition) is 1. The summed E-state index contributed by atoms with van der Waals surface area (Å²) in [5.74, 6) is -0.150. The van der Waals surface area contributed by atoms with Gasteiger partial charge in [-0.3, -0.25) is 4.79 Å². The normalized spacial score (nSPS) is 20.0. The van der Waals surface area contributed by atoms with Gasteiger partial charge < -0.3 is 9.72 Å². The molecule has 0 fully saturated rings. The minimum atomic E-state index is -0.165. The van der Waals surface area contributed by atoms with Crippen LogP contribution in [-0.4, -0.2) is 18.1 Å². The number of nitriles is 1. The third-order valence-electron chi connectivity index (χ3n) is 5.09. The van der Waals surface area contributed by atoms with Crippen LogP contribution in [-0.2, 0) is 21.4 Å². The van der Waals surface area contributed by atoms with E-state index >= 15 is 0 Å². The Morgan fingerprint density at radius 3 is 3.00 bits per heavy atom. The van der Waals surface area contributed by atoms with Crippen LogP contribution >= 0.6 is 0 Å². The number of esters is 1. The molecule has 0 amide bonds. The summed E-state index contributed by atoms with van der Waals surface area (Å²) in [5, 5.41) is 10.3. The van der Waals surface area contributed by atoms with E-state index in [0.29, 0.717) is 12.0 Å². The van der Waals surface area contributed by atoms with E-state index < -0.39 is 0 Å². The first-order valence-corrected chi connectivity index (χ1v) is 8.25. The van der Waals surface area contributed by atoms with Crippen LogP contribution in [0, 0.1) is 11.3 Å². The second-order valence-corrected chi connectivity index (χ2v) is 6.49. The third kappa shape index (κ3) is 2.61. The number of hydrogen-bond acceptors (Lipinski definition) is 3. The van der Waals surface area contributed by atoms with Gasteiger partial charge in [-0.2, -0.15) is 5.26 Å². The van der Waals surface area contributed by atoms with Crippen molar-refractivity contribution in [3.05, 3.63) is 35.0 Å². The van der Waals surface area contributed by atoms with Crippen molar-refractivity contribution in [2.45, 2.75) is 50.9 Å². The van der Waals surface area contributed by atoms with E-state index in [1.54, 1.807) is 0 Å². The highest BCUT2D eigenvalue weighted by Crippen LogP contribution is 2.45. The lowest BCUT2D eigenvalue weighted by Crippen LogP contribution is -2.34. The SMILES string of the molecule is CCCC1(CC(=O)OC)CCCc2c1[nH]c1cc(C#N)ccc21. The number of methoxy groups -OCH3 is 1. The van der Waals surface area contributed by atoms with Crippen LogP contribution in [0.3, 0.4) is 0 Å². The lowest BCUT2D eigenvalue weighted by Gasteiger charge is -2.36. The highest BCUT2D eigenvalue weighted by Gasteiger charge is 2.40. The van der Waals surface area contributed by atoms with Crippen molar-refractivity contribution in [3.8, 4) is 6.07 Å². The third-order valence-corrected chi connectivity index (χ3v) is 5.09. The number of nitrogens with one attached hydrogen (secondary N) is 1. The molecule has 0 saturated carbocycles. The molecule has 1 aromatic carbocycles. The number of nitrogens with zero attached hydrogens (tertiary/aromatic N) is 1. The second kappa shape index (κ2) is 6.08. The predicted octanol–water partition coefficient (Wildman–Crippen LogP) is 3.98. The number of fused-ring (bicyclic) bond motifs is 3. The molecule has 1 aliphatic rings. The van der Waals surface area contributed by atoms with Crippen LogP contribution in [0.2, 0.25) is 0 Å². The van der Waals surface area contributed by atoms with Crippen molar-refractivity contribution < 1.29 is 9.53 Å². The first kappa shape index (κ1) is 15.6. The molecule has 1 aliphatic carbocycles. The van der Waals surface area contributed by atoms with Crippen molar-refractivity contribution >= 4 is 16.9 Å². The summed E-state index contributed by atoms with van der Waals surface area (Å²) in [5.41, 5.74) is 3.99. The van der Waals surface area contributed by atoms with Gasteiger partial charge in [0.15, 0.2) is 0 Å².